The van der Waals surface area contributed by atoms with E-state index in [4.69, 9.17) is 9.51 Å². The summed E-state index contributed by atoms with van der Waals surface area (Å²) in [5.74, 6) is 0.694. The maximum absolute atomic E-state index is 11.6. The lowest BCUT2D eigenvalue weighted by Crippen LogP contribution is -2.08. The van der Waals surface area contributed by atoms with Gasteiger partial charge in [0.15, 0.2) is 5.82 Å². The van der Waals surface area contributed by atoms with Crippen LogP contribution in [0.5, 0.6) is 0 Å². The zero-order chi connectivity index (χ0) is 28.6. The van der Waals surface area contributed by atoms with Crippen LogP contribution in [0.15, 0.2) is 94.2 Å². The zero-order valence-corrected chi connectivity index (χ0v) is 23.3. The van der Waals surface area contributed by atoms with E-state index in [9.17, 15) is 9.90 Å². The van der Waals surface area contributed by atoms with Crippen molar-refractivity contribution in [2.24, 2.45) is 0 Å². The average Bonchev–Trinajstić information content (AvgIpc) is 3.54. The Hall–Kier alpha value is -5.01. The first-order chi connectivity index (χ1) is 20.6. The summed E-state index contributed by atoms with van der Waals surface area (Å²) in [6.45, 7) is 2.78. The predicted molar refractivity (Wildman–Crippen MR) is 164 cm³/mol. The molecule has 0 atom stereocenters. The van der Waals surface area contributed by atoms with Crippen LogP contribution in [0.1, 0.15) is 45.0 Å². The summed E-state index contributed by atoms with van der Waals surface area (Å²) in [5, 5.41) is 13.8. The molecule has 2 heterocycles. The SMILES string of the molecule is Cc1cc(-c2ccccc2)cc2c1nc(CCO)n2Cc1ccc2c(c1)CCc1ccccc1/C2=C\c1noc(=O)[nH]1. The number of aromatic nitrogens is 4. The minimum Gasteiger partial charge on any atom is -0.396 e. The lowest BCUT2D eigenvalue weighted by molar-refractivity contribution is 0.295. The Balaban J connectivity index is 1.33. The minimum absolute atomic E-state index is 0.0364. The molecular formula is C35H30N4O3. The second kappa shape index (κ2) is 10.8. The third kappa shape index (κ3) is 4.78. The van der Waals surface area contributed by atoms with E-state index in [1.807, 2.05) is 18.2 Å². The van der Waals surface area contributed by atoms with E-state index in [2.05, 4.69) is 94.4 Å². The molecule has 0 saturated carbocycles. The van der Waals surface area contributed by atoms with Crippen LogP contribution in [-0.2, 0) is 25.8 Å². The summed E-state index contributed by atoms with van der Waals surface area (Å²) in [7, 11) is 0. The normalized spacial score (nSPS) is 13.7. The number of imidazole rings is 1. The minimum atomic E-state index is -0.573. The fourth-order valence-corrected chi connectivity index (χ4v) is 6.11. The van der Waals surface area contributed by atoms with Crippen molar-refractivity contribution in [2.45, 2.75) is 32.7 Å². The molecule has 0 fully saturated rings. The number of nitrogens with one attached hydrogen (secondary N) is 1. The van der Waals surface area contributed by atoms with Gasteiger partial charge in [-0.2, -0.15) is 0 Å². The van der Waals surface area contributed by atoms with Gasteiger partial charge in [-0.05, 0) is 88.1 Å². The molecule has 2 N–H and O–H groups in total. The summed E-state index contributed by atoms with van der Waals surface area (Å²) < 4.78 is 7.02. The molecule has 7 heteroatoms. The number of aliphatic hydroxyl groups is 1. The summed E-state index contributed by atoms with van der Waals surface area (Å²) >= 11 is 0. The van der Waals surface area contributed by atoms with E-state index in [0.29, 0.717) is 18.8 Å². The second-order valence-corrected chi connectivity index (χ2v) is 10.8. The number of nitrogens with zero attached hydrogens (tertiary/aromatic N) is 3. The van der Waals surface area contributed by atoms with Gasteiger partial charge in [-0.3, -0.25) is 9.51 Å². The van der Waals surface area contributed by atoms with Crippen LogP contribution in [0.4, 0.5) is 0 Å². The second-order valence-electron chi connectivity index (χ2n) is 10.8. The molecule has 1 aliphatic rings. The van der Waals surface area contributed by atoms with Gasteiger partial charge < -0.3 is 9.67 Å². The molecule has 0 radical (unpaired) electrons. The smallest absolute Gasteiger partial charge is 0.396 e. The Labute approximate surface area is 242 Å². The quantitative estimate of drug-likeness (QED) is 0.265. The molecule has 0 spiro atoms. The molecule has 0 aliphatic heterocycles. The van der Waals surface area contributed by atoms with Crippen LogP contribution in [0.2, 0.25) is 0 Å². The third-order valence-corrected chi connectivity index (χ3v) is 8.08. The van der Waals surface area contributed by atoms with Crippen molar-refractivity contribution in [2.75, 3.05) is 6.61 Å². The summed E-state index contributed by atoms with van der Waals surface area (Å²) in [4.78, 5) is 19.3. The van der Waals surface area contributed by atoms with Crippen molar-refractivity contribution in [1.82, 2.24) is 19.7 Å². The van der Waals surface area contributed by atoms with Crippen LogP contribution in [0, 0.1) is 6.92 Å². The fourth-order valence-electron chi connectivity index (χ4n) is 6.11. The molecule has 0 unspecified atom stereocenters. The topological polar surface area (TPSA) is 96.9 Å². The van der Waals surface area contributed by atoms with E-state index in [0.717, 1.165) is 68.7 Å². The van der Waals surface area contributed by atoms with E-state index in [1.54, 1.807) is 0 Å². The maximum atomic E-state index is 11.6. The highest BCUT2D eigenvalue weighted by molar-refractivity contribution is 5.93. The zero-order valence-electron chi connectivity index (χ0n) is 23.3. The van der Waals surface area contributed by atoms with Gasteiger partial charge in [0, 0.05) is 13.0 Å². The Morgan fingerprint density at radius 2 is 1.71 bits per heavy atom. The standard InChI is InChI=1S/C35H30N4O3/c1-22-17-27(24-7-3-2-4-8-24)19-31-34(22)37-33(15-16-40)39(31)21-23-11-14-29-26(18-23)13-12-25-9-5-6-10-28(25)30(29)20-32-36-35(41)42-38-32/h2-11,14,17-20,40H,12-13,15-16,21H2,1H3,(H,36,38,41)/b30-20+. The number of H-pyrrole nitrogens is 1. The Morgan fingerprint density at radius 1 is 0.929 bits per heavy atom. The highest BCUT2D eigenvalue weighted by Gasteiger charge is 2.20. The number of hydrogen-bond donors (Lipinski definition) is 2. The van der Waals surface area contributed by atoms with Crippen molar-refractivity contribution in [1.29, 1.82) is 0 Å². The lowest BCUT2D eigenvalue weighted by Gasteiger charge is -2.15. The number of fused-ring (bicyclic) bond motifs is 3. The van der Waals surface area contributed by atoms with Gasteiger partial charge in [0.05, 0.1) is 17.6 Å². The van der Waals surface area contributed by atoms with E-state index in [1.165, 1.54) is 11.1 Å². The molecule has 7 rings (SSSR count). The number of hydrogen-bond acceptors (Lipinski definition) is 5. The van der Waals surface area contributed by atoms with Crippen LogP contribution in [-0.4, -0.2) is 31.4 Å². The molecule has 6 aromatic rings. The van der Waals surface area contributed by atoms with Gasteiger partial charge in [-0.1, -0.05) is 78.0 Å². The van der Waals surface area contributed by atoms with Gasteiger partial charge in [-0.25, -0.2) is 9.78 Å². The number of aromatic amines is 1. The molecule has 4 aromatic carbocycles. The van der Waals surface area contributed by atoms with E-state index >= 15 is 0 Å². The van der Waals surface area contributed by atoms with Crippen molar-refractivity contribution in [3.8, 4) is 11.1 Å². The Bertz CT molecular complexity index is 2010. The number of aliphatic hydroxyl groups excluding tert-OH is 1. The van der Waals surface area contributed by atoms with Crippen molar-refractivity contribution in [3.05, 3.63) is 141 Å². The third-order valence-electron chi connectivity index (χ3n) is 8.08. The number of rotatable bonds is 6. The Morgan fingerprint density at radius 3 is 2.52 bits per heavy atom. The average molecular weight is 555 g/mol. The Kier molecular flexibility index (Phi) is 6.64. The molecule has 0 bridgehead atoms. The molecule has 208 valence electrons. The first-order valence-electron chi connectivity index (χ1n) is 14.2. The van der Waals surface area contributed by atoms with Crippen molar-refractivity contribution in [3.63, 3.8) is 0 Å². The first kappa shape index (κ1) is 25.9. The maximum Gasteiger partial charge on any atom is 0.439 e. The first-order valence-corrected chi connectivity index (χ1v) is 14.2. The number of benzene rings is 4. The summed E-state index contributed by atoms with van der Waals surface area (Å²) in [6, 6.07) is 29.8. The van der Waals surface area contributed by atoms with Gasteiger partial charge in [0.2, 0.25) is 0 Å². The van der Waals surface area contributed by atoms with Crippen LogP contribution in [0.3, 0.4) is 0 Å². The molecule has 1 aliphatic carbocycles. The largest absolute Gasteiger partial charge is 0.439 e. The van der Waals surface area contributed by atoms with Crippen molar-refractivity contribution >= 4 is 22.7 Å². The molecule has 7 nitrogen and oxygen atoms in total. The van der Waals surface area contributed by atoms with Crippen LogP contribution >= 0.6 is 0 Å². The van der Waals surface area contributed by atoms with Gasteiger partial charge in [0.1, 0.15) is 5.82 Å². The number of aryl methyl sites for hydroxylation is 3. The summed E-state index contributed by atoms with van der Waals surface area (Å²) in [6.07, 6.45) is 4.17. The van der Waals surface area contributed by atoms with E-state index in [-0.39, 0.29) is 6.61 Å². The van der Waals surface area contributed by atoms with Gasteiger partial charge in [-0.15, -0.1) is 0 Å². The molecule has 0 amide bonds. The van der Waals surface area contributed by atoms with Gasteiger partial charge >= 0.3 is 5.76 Å². The van der Waals surface area contributed by atoms with Crippen molar-refractivity contribution < 1.29 is 9.63 Å². The lowest BCUT2D eigenvalue weighted by atomic mass is 9.92. The van der Waals surface area contributed by atoms with E-state index < -0.39 is 5.76 Å². The molecule has 0 saturated heterocycles. The summed E-state index contributed by atoms with van der Waals surface area (Å²) in [5.41, 5.74) is 12.4. The van der Waals surface area contributed by atoms with Crippen LogP contribution < -0.4 is 5.76 Å². The monoisotopic (exact) mass is 554 g/mol. The fraction of sp³-hybridized carbons (Fsp3) is 0.171. The molecule has 2 aromatic heterocycles. The van der Waals surface area contributed by atoms with Crippen LogP contribution in [0.25, 0.3) is 33.8 Å². The molecule has 42 heavy (non-hydrogen) atoms. The van der Waals surface area contributed by atoms with Gasteiger partial charge in [0.25, 0.3) is 0 Å². The highest BCUT2D eigenvalue weighted by Crippen LogP contribution is 2.36. The molecular weight excluding hydrogens is 524 g/mol. The highest BCUT2D eigenvalue weighted by atomic mass is 16.5. The predicted octanol–water partition coefficient (Wildman–Crippen LogP) is 5.96.